The highest BCUT2D eigenvalue weighted by atomic mass is 16.3. The Bertz CT molecular complexity index is 1060. The number of aryl methyl sites for hydroxylation is 1. The smallest absolute Gasteiger partial charge is 0.257 e. The molecule has 1 N–H and O–H groups in total. The van der Waals surface area contributed by atoms with E-state index in [-0.39, 0.29) is 23.1 Å². The second kappa shape index (κ2) is 7.31. The van der Waals surface area contributed by atoms with Crippen molar-refractivity contribution in [2.75, 3.05) is 26.2 Å². The van der Waals surface area contributed by atoms with Gasteiger partial charge in [-0.2, -0.15) is 0 Å². The molecule has 142 valence electrons. The maximum atomic E-state index is 13.1. The van der Waals surface area contributed by atoms with Gasteiger partial charge in [0.05, 0.1) is 16.6 Å². The summed E-state index contributed by atoms with van der Waals surface area (Å²) < 4.78 is 0. The summed E-state index contributed by atoms with van der Waals surface area (Å²) in [5, 5.41) is 10.7. The number of phenols is 1. The number of aromatic nitrogens is 1. The van der Waals surface area contributed by atoms with Crippen molar-refractivity contribution in [2.24, 2.45) is 0 Å². The Morgan fingerprint density at radius 2 is 1.43 bits per heavy atom. The number of benzene rings is 2. The molecule has 1 aromatic heterocycles. The van der Waals surface area contributed by atoms with Crippen LogP contribution in [0.15, 0.2) is 54.6 Å². The number of rotatable bonds is 2. The quantitative estimate of drug-likeness (QED) is 0.747. The molecule has 4 rings (SSSR count). The minimum absolute atomic E-state index is 0.0234. The standard InChI is InChI=1S/C22H21N3O3/c1-15-14-18(16-6-2-4-8-19(16)23-15)22(28)25-12-10-24(11-13-25)21(27)17-7-3-5-9-20(17)26/h2-9,14,26H,10-13H2,1H3. The van der Waals surface area contributed by atoms with Crippen molar-refractivity contribution in [2.45, 2.75) is 6.92 Å². The largest absolute Gasteiger partial charge is 0.507 e. The van der Waals surface area contributed by atoms with Crippen molar-refractivity contribution < 1.29 is 14.7 Å². The van der Waals surface area contributed by atoms with Crippen LogP contribution in [0.25, 0.3) is 10.9 Å². The molecule has 1 aliphatic rings. The van der Waals surface area contributed by atoms with E-state index in [0.29, 0.717) is 31.7 Å². The lowest BCUT2D eigenvalue weighted by Gasteiger charge is -2.35. The van der Waals surface area contributed by atoms with Gasteiger partial charge in [0.15, 0.2) is 0 Å². The highest BCUT2D eigenvalue weighted by molar-refractivity contribution is 6.06. The van der Waals surface area contributed by atoms with Gasteiger partial charge >= 0.3 is 0 Å². The molecule has 2 heterocycles. The number of phenolic OH excluding ortho intramolecular Hbond substituents is 1. The third kappa shape index (κ3) is 3.29. The Morgan fingerprint density at radius 1 is 0.857 bits per heavy atom. The van der Waals surface area contributed by atoms with Gasteiger partial charge in [0.1, 0.15) is 5.75 Å². The van der Waals surface area contributed by atoms with Crippen LogP contribution in [0.1, 0.15) is 26.4 Å². The van der Waals surface area contributed by atoms with Crippen molar-refractivity contribution in [3.05, 3.63) is 71.4 Å². The normalized spacial score (nSPS) is 14.3. The summed E-state index contributed by atoms with van der Waals surface area (Å²) in [5.41, 5.74) is 2.54. The SMILES string of the molecule is Cc1cc(C(=O)N2CCN(C(=O)c3ccccc3O)CC2)c2ccccc2n1. The molecule has 0 aliphatic carbocycles. The van der Waals surface area contributed by atoms with Crippen LogP contribution in [-0.2, 0) is 0 Å². The van der Waals surface area contributed by atoms with E-state index >= 15 is 0 Å². The summed E-state index contributed by atoms with van der Waals surface area (Å²) in [5.74, 6) is -0.281. The molecule has 0 spiro atoms. The summed E-state index contributed by atoms with van der Waals surface area (Å²) in [7, 11) is 0. The predicted molar refractivity (Wildman–Crippen MR) is 106 cm³/mol. The van der Waals surface area contributed by atoms with Gasteiger partial charge in [-0.15, -0.1) is 0 Å². The van der Waals surface area contributed by atoms with E-state index in [1.54, 1.807) is 28.0 Å². The zero-order valence-corrected chi connectivity index (χ0v) is 15.6. The summed E-state index contributed by atoms with van der Waals surface area (Å²) in [6, 6.07) is 16.0. The van der Waals surface area contributed by atoms with Gasteiger partial charge < -0.3 is 14.9 Å². The van der Waals surface area contributed by atoms with Gasteiger partial charge in [-0.1, -0.05) is 30.3 Å². The number of pyridine rings is 1. The summed E-state index contributed by atoms with van der Waals surface area (Å²) in [6.07, 6.45) is 0. The topological polar surface area (TPSA) is 73.7 Å². The van der Waals surface area contributed by atoms with Crippen LogP contribution in [-0.4, -0.2) is 57.9 Å². The molecule has 2 aromatic carbocycles. The van der Waals surface area contributed by atoms with Crippen LogP contribution in [0.3, 0.4) is 0 Å². The molecular formula is C22H21N3O3. The third-order valence-electron chi connectivity index (χ3n) is 5.06. The van der Waals surface area contributed by atoms with Gasteiger partial charge in [-0.25, -0.2) is 0 Å². The number of amides is 2. The lowest BCUT2D eigenvalue weighted by Crippen LogP contribution is -2.50. The summed E-state index contributed by atoms with van der Waals surface area (Å²) in [4.78, 5) is 33.7. The molecule has 28 heavy (non-hydrogen) atoms. The highest BCUT2D eigenvalue weighted by Gasteiger charge is 2.27. The Kier molecular flexibility index (Phi) is 4.69. The van der Waals surface area contributed by atoms with Gasteiger partial charge in [0.2, 0.25) is 0 Å². The lowest BCUT2D eigenvalue weighted by atomic mass is 10.1. The first-order valence-corrected chi connectivity index (χ1v) is 9.27. The number of aromatic hydroxyl groups is 1. The van der Waals surface area contributed by atoms with Gasteiger partial charge in [-0.05, 0) is 31.2 Å². The van der Waals surface area contributed by atoms with Crippen LogP contribution >= 0.6 is 0 Å². The first-order chi connectivity index (χ1) is 13.5. The average molecular weight is 375 g/mol. The molecule has 1 saturated heterocycles. The summed E-state index contributed by atoms with van der Waals surface area (Å²) in [6.45, 7) is 3.65. The zero-order chi connectivity index (χ0) is 19.7. The van der Waals surface area contributed by atoms with Crippen molar-refractivity contribution in [1.82, 2.24) is 14.8 Å². The van der Waals surface area contributed by atoms with E-state index in [4.69, 9.17) is 0 Å². The summed E-state index contributed by atoms with van der Waals surface area (Å²) >= 11 is 0. The average Bonchev–Trinajstić information content (AvgIpc) is 2.72. The monoisotopic (exact) mass is 375 g/mol. The van der Waals surface area contributed by atoms with Crippen molar-refractivity contribution in [3.63, 3.8) is 0 Å². The van der Waals surface area contributed by atoms with Gasteiger partial charge in [-0.3, -0.25) is 14.6 Å². The fraction of sp³-hybridized carbons (Fsp3) is 0.227. The molecule has 6 heteroatoms. The Balaban J connectivity index is 1.51. The minimum atomic E-state index is -0.213. The number of hydrogen-bond donors (Lipinski definition) is 1. The van der Waals surface area contributed by atoms with Crippen molar-refractivity contribution in [1.29, 1.82) is 0 Å². The van der Waals surface area contributed by atoms with E-state index < -0.39 is 0 Å². The molecule has 2 amide bonds. The molecular weight excluding hydrogens is 354 g/mol. The van der Waals surface area contributed by atoms with Crippen molar-refractivity contribution >= 4 is 22.7 Å². The number of carbonyl (C=O) groups excluding carboxylic acids is 2. The molecule has 6 nitrogen and oxygen atoms in total. The second-order valence-corrected chi connectivity index (χ2v) is 6.93. The fourth-order valence-electron chi connectivity index (χ4n) is 3.59. The number of para-hydroxylation sites is 2. The van der Waals surface area contributed by atoms with E-state index in [2.05, 4.69) is 4.98 Å². The van der Waals surface area contributed by atoms with Crippen molar-refractivity contribution in [3.8, 4) is 5.75 Å². The van der Waals surface area contributed by atoms with E-state index in [1.807, 2.05) is 37.3 Å². The molecule has 0 radical (unpaired) electrons. The maximum absolute atomic E-state index is 13.1. The van der Waals surface area contributed by atoms with E-state index in [0.717, 1.165) is 16.6 Å². The molecule has 1 fully saturated rings. The van der Waals surface area contributed by atoms with Gasteiger partial charge in [0.25, 0.3) is 11.8 Å². The number of nitrogens with zero attached hydrogens (tertiary/aromatic N) is 3. The predicted octanol–water partition coefficient (Wildman–Crippen LogP) is 2.85. The Labute approximate surface area is 163 Å². The molecule has 0 atom stereocenters. The number of piperazine rings is 1. The number of hydrogen-bond acceptors (Lipinski definition) is 4. The first kappa shape index (κ1) is 18.0. The highest BCUT2D eigenvalue weighted by Crippen LogP contribution is 2.22. The third-order valence-corrected chi connectivity index (χ3v) is 5.06. The second-order valence-electron chi connectivity index (χ2n) is 6.93. The number of carbonyl (C=O) groups is 2. The zero-order valence-electron chi connectivity index (χ0n) is 15.6. The Morgan fingerprint density at radius 3 is 2.11 bits per heavy atom. The maximum Gasteiger partial charge on any atom is 0.257 e. The lowest BCUT2D eigenvalue weighted by molar-refractivity contribution is 0.0534. The van der Waals surface area contributed by atoms with E-state index in [9.17, 15) is 14.7 Å². The first-order valence-electron chi connectivity index (χ1n) is 9.27. The molecule has 0 saturated carbocycles. The molecule has 1 aliphatic heterocycles. The van der Waals surface area contributed by atoms with Crippen LogP contribution in [0, 0.1) is 6.92 Å². The van der Waals surface area contributed by atoms with Crippen LogP contribution in [0.5, 0.6) is 5.75 Å². The van der Waals surface area contributed by atoms with E-state index in [1.165, 1.54) is 6.07 Å². The molecule has 0 bridgehead atoms. The van der Waals surface area contributed by atoms with Crippen LogP contribution in [0.4, 0.5) is 0 Å². The van der Waals surface area contributed by atoms with Crippen LogP contribution in [0.2, 0.25) is 0 Å². The van der Waals surface area contributed by atoms with Gasteiger partial charge in [0, 0.05) is 37.3 Å². The molecule has 3 aromatic rings. The fourth-order valence-corrected chi connectivity index (χ4v) is 3.59. The minimum Gasteiger partial charge on any atom is -0.507 e. The van der Waals surface area contributed by atoms with Crippen LogP contribution < -0.4 is 0 Å². The number of fused-ring (bicyclic) bond motifs is 1. The Hall–Kier alpha value is -3.41. The molecule has 0 unspecified atom stereocenters.